The summed E-state index contributed by atoms with van der Waals surface area (Å²) in [6.45, 7) is 8.96. The van der Waals surface area contributed by atoms with Gasteiger partial charge in [-0.2, -0.15) is 5.26 Å². The van der Waals surface area contributed by atoms with Gasteiger partial charge in [-0.3, -0.25) is 0 Å². The smallest absolute Gasteiger partial charge is 0.127 e. The predicted octanol–water partition coefficient (Wildman–Crippen LogP) is 0.359. The second-order valence-electron chi connectivity index (χ2n) is 6.98. The number of aryl methyl sites for hydroxylation is 1. The fraction of sp³-hybridized carbons (Fsp3) is 0.381. The molecule has 0 amide bonds. The third-order valence-corrected chi connectivity index (χ3v) is 5.08. The van der Waals surface area contributed by atoms with Gasteiger partial charge in [-0.15, -0.1) is 0 Å². The van der Waals surface area contributed by atoms with Crippen molar-refractivity contribution in [1.82, 2.24) is 0 Å². The lowest BCUT2D eigenvalue weighted by atomic mass is 10.1. The van der Waals surface area contributed by atoms with Crippen molar-refractivity contribution in [3.05, 3.63) is 64.7 Å². The Labute approximate surface area is 150 Å². The van der Waals surface area contributed by atoms with Crippen LogP contribution in [0.25, 0.3) is 0 Å². The van der Waals surface area contributed by atoms with Crippen LogP contribution in [0.3, 0.4) is 0 Å². The highest BCUT2D eigenvalue weighted by Crippen LogP contribution is 2.18. The van der Waals surface area contributed by atoms with E-state index in [9.17, 15) is 0 Å². The van der Waals surface area contributed by atoms with Crippen LogP contribution in [-0.4, -0.2) is 33.3 Å². The second kappa shape index (κ2) is 8.15. The Hall–Kier alpha value is -2.35. The summed E-state index contributed by atoms with van der Waals surface area (Å²) in [5.74, 6) is 1.01. The lowest BCUT2D eigenvalue weighted by Crippen LogP contribution is -3.27. The monoisotopic (exact) mass is 337 g/mol. The van der Waals surface area contributed by atoms with E-state index in [1.165, 1.54) is 42.9 Å². The van der Waals surface area contributed by atoms with Gasteiger partial charge in [-0.25, -0.2) is 0 Å². The summed E-state index contributed by atoms with van der Waals surface area (Å²) in [5.41, 5.74) is 4.66. The van der Waals surface area contributed by atoms with Crippen LogP contribution in [0.1, 0.15) is 22.3 Å². The summed E-state index contributed by atoms with van der Waals surface area (Å²) in [4.78, 5) is 3.26. The second-order valence-corrected chi connectivity index (χ2v) is 6.98. The van der Waals surface area contributed by atoms with Crippen molar-refractivity contribution in [2.75, 3.05) is 33.3 Å². The minimum absolute atomic E-state index is 0.736. The molecule has 1 aliphatic rings. The van der Waals surface area contributed by atoms with Gasteiger partial charge in [-0.05, 0) is 31.2 Å². The quantitative estimate of drug-likeness (QED) is 0.827. The zero-order valence-corrected chi connectivity index (χ0v) is 15.1. The molecule has 1 fully saturated rings. The number of benzene rings is 2. The summed E-state index contributed by atoms with van der Waals surface area (Å²) >= 11 is 0. The molecule has 25 heavy (non-hydrogen) atoms. The van der Waals surface area contributed by atoms with Crippen molar-refractivity contribution in [1.29, 1.82) is 5.26 Å². The number of rotatable bonds is 5. The first-order valence-corrected chi connectivity index (χ1v) is 8.97. The average molecular weight is 337 g/mol. The van der Waals surface area contributed by atoms with Gasteiger partial charge in [0.25, 0.3) is 0 Å². The van der Waals surface area contributed by atoms with Crippen LogP contribution < -0.4 is 14.5 Å². The van der Waals surface area contributed by atoms with Crippen molar-refractivity contribution < 1.29 is 14.5 Å². The predicted molar refractivity (Wildman–Crippen MR) is 97.7 cm³/mol. The third kappa shape index (κ3) is 4.60. The van der Waals surface area contributed by atoms with Crippen molar-refractivity contribution >= 4 is 0 Å². The molecule has 0 aliphatic carbocycles. The number of nitrogens with zero attached hydrogens (tertiary/aromatic N) is 1. The molecule has 2 N–H and O–H groups in total. The van der Waals surface area contributed by atoms with E-state index in [0.29, 0.717) is 0 Å². The van der Waals surface area contributed by atoms with Crippen LogP contribution >= 0.6 is 0 Å². The molecule has 0 atom stereocenters. The topological polar surface area (TPSA) is 41.9 Å². The van der Waals surface area contributed by atoms with Crippen LogP contribution in [0.5, 0.6) is 5.75 Å². The molecule has 3 rings (SSSR count). The summed E-state index contributed by atoms with van der Waals surface area (Å²) in [7, 11) is 1.75. The maximum Gasteiger partial charge on any atom is 0.127 e. The zero-order valence-electron chi connectivity index (χ0n) is 15.1. The molecule has 0 unspecified atom stereocenters. The molecule has 0 spiro atoms. The molecule has 4 heteroatoms. The highest BCUT2D eigenvalue weighted by Gasteiger charge is 2.24. The number of piperazine rings is 1. The minimum atomic E-state index is 0.736. The molecule has 2 aromatic rings. The van der Waals surface area contributed by atoms with Gasteiger partial charge >= 0.3 is 0 Å². The van der Waals surface area contributed by atoms with Gasteiger partial charge in [-0.1, -0.05) is 23.8 Å². The first-order chi connectivity index (χ1) is 12.2. The largest absolute Gasteiger partial charge is 0.496 e. The summed E-state index contributed by atoms with van der Waals surface area (Å²) in [5, 5.41) is 8.89. The van der Waals surface area contributed by atoms with Gasteiger partial charge in [0, 0.05) is 11.1 Å². The van der Waals surface area contributed by atoms with E-state index in [-0.39, 0.29) is 0 Å². The number of hydrogen-bond acceptors (Lipinski definition) is 2. The van der Waals surface area contributed by atoms with Gasteiger partial charge in [0.15, 0.2) is 0 Å². The molecule has 0 bridgehead atoms. The Kier molecular flexibility index (Phi) is 5.70. The standard InChI is InChI=1S/C21H25N3O/c1-17-3-8-21(25-2)20(13-17)16-24-11-9-23(10-12-24)15-19-6-4-18(14-22)5-7-19/h3-8,13H,9-12,15-16H2,1-2H3/p+2. The van der Waals surface area contributed by atoms with E-state index in [2.05, 4.69) is 43.3 Å². The minimum Gasteiger partial charge on any atom is -0.496 e. The van der Waals surface area contributed by atoms with E-state index in [4.69, 9.17) is 10.00 Å². The lowest BCUT2D eigenvalue weighted by Gasteiger charge is -2.30. The number of hydrogen-bond donors (Lipinski definition) is 2. The van der Waals surface area contributed by atoms with Crippen molar-refractivity contribution in [3.63, 3.8) is 0 Å². The maximum absolute atomic E-state index is 8.89. The molecule has 0 saturated carbocycles. The summed E-state index contributed by atoms with van der Waals surface area (Å²) in [6.07, 6.45) is 0. The molecular weight excluding hydrogens is 310 g/mol. The van der Waals surface area contributed by atoms with Gasteiger partial charge in [0.2, 0.25) is 0 Å². The highest BCUT2D eigenvalue weighted by molar-refractivity contribution is 5.36. The number of ether oxygens (including phenoxy) is 1. The molecular formula is C21H27N3O+2. The van der Waals surface area contributed by atoms with Crippen LogP contribution in [0.15, 0.2) is 42.5 Å². The van der Waals surface area contributed by atoms with Crippen molar-refractivity contribution in [2.45, 2.75) is 20.0 Å². The maximum atomic E-state index is 8.89. The molecule has 130 valence electrons. The number of nitrogens with one attached hydrogen (secondary N) is 2. The fourth-order valence-electron chi connectivity index (χ4n) is 3.61. The van der Waals surface area contributed by atoms with E-state index in [1.54, 1.807) is 16.9 Å². The molecule has 1 aliphatic heterocycles. The Bertz CT molecular complexity index is 741. The fourth-order valence-corrected chi connectivity index (χ4v) is 3.61. The van der Waals surface area contributed by atoms with Crippen LogP contribution in [0, 0.1) is 18.3 Å². The average Bonchev–Trinajstić information content (AvgIpc) is 2.64. The number of methoxy groups -OCH3 is 1. The lowest BCUT2D eigenvalue weighted by molar-refractivity contribution is -1.02. The summed E-state index contributed by atoms with van der Waals surface area (Å²) < 4.78 is 5.52. The molecule has 4 nitrogen and oxygen atoms in total. The van der Waals surface area contributed by atoms with E-state index in [1.807, 2.05) is 12.1 Å². The normalized spacial score (nSPS) is 20.0. The highest BCUT2D eigenvalue weighted by atomic mass is 16.5. The summed E-state index contributed by atoms with van der Waals surface area (Å²) in [6, 6.07) is 16.6. The Morgan fingerprint density at radius 1 is 0.960 bits per heavy atom. The van der Waals surface area contributed by atoms with E-state index in [0.717, 1.165) is 24.4 Å². The molecule has 0 aromatic heterocycles. The van der Waals surface area contributed by atoms with Crippen molar-refractivity contribution in [2.24, 2.45) is 0 Å². The van der Waals surface area contributed by atoms with Gasteiger partial charge < -0.3 is 14.5 Å². The zero-order chi connectivity index (χ0) is 17.6. The van der Waals surface area contributed by atoms with E-state index >= 15 is 0 Å². The molecule has 0 radical (unpaired) electrons. The Morgan fingerprint density at radius 2 is 1.60 bits per heavy atom. The van der Waals surface area contributed by atoms with Gasteiger partial charge in [0.05, 0.1) is 18.7 Å². The SMILES string of the molecule is COc1ccc(C)cc1C[NH+]1CC[NH+](Cc2ccc(C#N)cc2)CC1. The molecule has 2 aromatic carbocycles. The first-order valence-electron chi connectivity index (χ1n) is 8.97. The van der Waals surface area contributed by atoms with Crippen LogP contribution in [-0.2, 0) is 13.1 Å². The first kappa shape index (κ1) is 17.5. The molecule has 1 saturated heterocycles. The van der Waals surface area contributed by atoms with E-state index < -0.39 is 0 Å². The molecule has 1 heterocycles. The van der Waals surface area contributed by atoms with Gasteiger partial charge in [0.1, 0.15) is 45.0 Å². The van der Waals surface area contributed by atoms with Crippen molar-refractivity contribution in [3.8, 4) is 11.8 Å². The number of nitriles is 1. The number of quaternary nitrogens is 2. The Balaban J connectivity index is 1.53. The third-order valence-electron chi connectivity index (χ3n) is 5.08. The Morgan fingerprint density at radius 3 is 2.20 bits per heavy atom. The van der Waals surface area contributed by atoms with Crippen LogP contribution in [0.4, 0.5) is 0 Å². The van der Waals surface area contributed by atoms with Crippen LogP contribution in [0.2, 0.25) is 0 Å².